The number of carboxylic acids is 1. The van der Waals surface area contributed by atoms with E-state index >= 15 is 0 Å². The number of amides is 1. The lowest BCUT2D eigenvalue weighted by Crippen LogP contribution is -2.45. The molecular formula is C20H25NO3. The molecule has 1 aliphatic carbocycles. The van der Waals surface area contributed by atoms with Gasteiger partial charge in [-0.25, -0.2) is 4.79 Å². The zero-order chi connectivity index (χ0) is 16.9. The van der Waals surface area contributed by atoms with Gasteiger partial charge in [0, 0.05) is 18.7 Å². The Morgan fingerprint density at radius 3 is 2.50 bits per heavy atom. The van der Waals surface area contributed by atoms with Crippen molar-refractivity contribution in [1.82, 2.24) is 4.90 Å². The fraction of sp³-hybridized carbons (Fsp3) is 0.500. The Hall–Kier alpha value is -2.10. The third-order valence-corrected chi connectivity index (χ3v) is 5.40. The molecule has 4 nitrogen and oxygen atoms in total. The highest BCUT2D eigenvalue weighted by Crippen LogP contribution is 2.36. The standard InChI is InChI=1S/C20H25NO3/c22-19(21-11-10-16-8-4-5-9-17(16)14-21)13-18(20(23)24)12-15-6-2-1-3-7-15/h1-3,6-7,12,16-17H,4-5,8-11,13-14H2,(H,23,24)/t16-,17-/m1/s1. The van der Waals surface area contributed by atoms with E-state index in [1.165, 1.54) is 25.7 Å². The summed E-state index contributed by atoms with van der Waals surface area (Å²) in [5, 5.41) is 9.43. The van der Waals surface area contributed by atoms with Crippen LogP contribution in [0.25, 0.3) is 6.08 Å². The van der Waals surface area contributed by atoms with Crippen molar-refractivity contribution in [1.29, 1.82) is 0 Å². The Bertz CT molecular complexity index is 623. The number of benzene rings is 1. The molecule has 2 fully saturated rings. The molecule has 1 saturated heterocycles. The highest BCUT2D eigenvalue weighted by Gasteiger charge is 2.33. The molecular weight excluding hydrogens is 302 g/mol. The topological polar surface area (TPSA) is 57.6 Å². The summed E-state index contributed by atoms with van der Waals surface area (Å²) in [6.45, 7) is 1.58. The Kier molecular flexibility index (Phi) is 5.34. The van der Waals surface area contributed by atoms with Crippen LogP contribution in [0.2, 0.25) is 0 Å². The van der Waals surface area contributed by atoms with Crippen LogP contribution >= 0.6 is 0 Å². The molecule has 2 aliphatic rings. The van der Waals surface area contributed by atoms with Gasteiger partial charge in [0.15, 0.2) is 0 Å². The number of nitrogens with zero attached hydrogens (tertiary/aromatic N) is 1. The maximum atomic E-state index is 12.6. The fourth-order valence-corrected chi connectivity index (χ4v) is 4.04. The maximum absolute atomic E-state index is 12.6. The molecule has 1 amide bonds. The van der Waals surface area contributed by atoms with E-state index in [1.54, 1.807) is 6.08 Å². The third kappa shape index (κ3) is 4.05. The molecule has 1 aromatic carbocycles. The SMILES string of the molecule is O=C(O)C(=Cc1ccccc1)CC(=O)N1CC[C@H]2CCCC[C@@H]2C1. The lowest BCUT2D eigenvalue weighted by molar-refractivity contribution is -0.137. The minimum absolute atomic E-state index is 0.0262. The van der Waals surface area contributed by atoms with Crippen molar-refractivity contribution in [3.63, 3.8) is 0 Å². The predicted molar refractivity (Wildman–Crippen MR) is 93.3 cm³/mol. The van der Waals surface area contributed by atoms with E-state index in [-0.39, 0.29) is 17.9 Å². The second kappa shape index (κ2) is 7.65. The van der Waals surface area contributed by atoms with Crippen LogP contribution in [-0.2, 0) is 9.59 Å². The molecule has 0 spiro atoms. The Morgan fingerprint density at radius 2 is 1.79 bits per heavy atom. The van der Waals surface area contributed by atoms with Crippen molar-refractivity contribution in [2.45, 2.75) is 38.5 Å². The van der Waals surface area contributed by atoms with Gasteiger partial charge in [-0.3, -0.25) is 4.79 Å². The maximum Gasteiger partial charge on any atom is 0.332 e. The van der Waals surface area contributed by atoms with Crippen molar-refractivity contribution in [3.05, 3.63) is 41.5 Å². The first-order valence-corrected chi connectivity index (χ1v) is 8.90. The van der Waals surface area contributed by atoms with Gasteiger partial charge in [-0.2, -0.15) is 0 Å². The molecule has 1 aromatic rings. The van der Waals surface area contributed by atoms with Gasteiger partial charge in [-0.1, -0.05) is 49.6 Å². The molecule has 128 valence electrons. The summed E-state index contributed by atoms with van der Waals surface area (Å²) >= 11 is 0. The number of hydrogen-bond acceptors (Lipinski definition) is 2. The fourth-order valence-electron chi connectivity index (χ4n) is 4.04. The summed E-state index contributed by atoms with van der Waals surface area (Å²) < 4.78 is 0. The average Bonchev–Trinajstić information content (AvgIpc) is 2.61. The summed E-state index contributed by atoms with van der Waals surface area (Å²) in [6.07, 6.45) is 7.73. The number of aliphatic carboxylic acids is 1. The summed E-state index contributed by atoms with van der Waals surface area (Å²) in [5.41, 5.74) is 0.977. The summed E-state index contributed by atoms with van der Waals surface area (Å²) in [4.78, 5) is 26.0. The molecule has 0 unspecified atom stereocenters. The van der Waals surface area contributed by atoms with E-state index in [0.29, 0.717) is 5.92 Å². The molecule has 1 saturated carbocycles. The number of carbonyl (C=O) groups excluding carboxylic acids is 1. The van der Waals surface area contributed by atoms with Crippen LogP contribution in [-0.4, -0.2) is 35.0 Å². The molecule has 1 heterocycles. The van der Waals surface area contributed by atoms with Crippen LogP contribution in [0.1, 0.15) is 44.1 Å². The largest absolute Gasteiger partial charge is 0.478 e. The molecule has 0 bridgehead atoms. The number of hydrogen-bond donors (Lipinski definition) is 1. The summed E-state index contributed by atoms with van der Waals surface area (Å²) in [7, 11) is 0. The summed E-state index contributed by atoms with van der Waals surface area (Å²) in [6, 6.07) is 9.31. The first kappa shape index (κ1) is 16.7. The van der Waals surface area contributed by atoms with Gasteiger partial charge in [0.2, 0.25) is 5.91 Å². The number of carbonyl (C=O) groups is 2. The molecule has 0 radical (unpaired) electrons. The number of rotatable bonds is 4. The van der Waals surface area contributed by atoms with Gasteiger partial charge in [0.05, 0.1) is 6.42 Å². The minimum Gasteiger partial charge on any atom is -0.478 e. The molecule has 2 atom stereocenters. The first-order chi connectivity index (χ1) is 11.6. The van der Waals surface area contributed by atoms with E-state index in [4.69, 9.17) is 0 Å². The second-order valence-electron chi connectivity index (χ2n) is 7.00. The van der Waals surface area contributed by atoms with Crippen molar-refractivity contribution < 1.29 is 14.7 Å². The lowest BCUT2D eigenvalue weighted by Gasteiger charge is -2.41. The Morgan fingerprint density at radius 1 is 1.08 bits per heavy atom. The molecule has 0 aromatic heterocycles. The van der Waals surface area contributed by atoms with E-state index in [2.05, 4.69) is 0 Å². The zero-order valence-corrected chi connectivity index (χ0v) is 14.0. The predicted octanol–water partition coefficient (Wildman–Crippen LogP) is 3.58. The van der Waals surface area contributed by atoms with E-state index in [1.807, 2.05) is 35.2 Å². The zero-order valence-electron chi connectivity index (χ0n) is 14.0. The van der Waals surface area contributed by atoms with Crippen molar-refractivity contribution in [2.75, 3.05) is 13.1 Å². The van der Waals surface area contributed by atoms with E-state index < -0.39 is 5.97 Å². The number of likely N-dealkylation sites (tertiary alicyclic amines) is 1. The molecule has 1 aliphatic heterocycles. The quantitative estimate of drug-likeness (QED) is 0.860. The van der Waals surface area contributed by atoms with Crippen LogP contribution in [0.5, 0.6) is 0 Å². The third-order valence-electron chi connectivity index (χ3n) is 5.40. The second-order valence-corrected chi connectivity index (χ2v) is 7.00. The van der Waals surface area contributed by atoms with Crippen molar-refractivity contribution in [2.24, 2.45) is 11.8 Å². The van der Waals surface area contributed by atoms with Gasteiger partial charge >= 0.3 is 5.97 Å². The van der Waals surface area contributed by atoms with Crippen LogP contribution in [0, 0.1) is 11.8 Å². The lowest BCUT2D eigenvalue weighted by atomic mass is 9.75. The van der Waals surface area contributed by atoms with Crippen molar-refractivity contribution >= 4 is 18.0 Å². The van der Waals surface area contributed by atoms with E-state index in [9.17, 15) is 14.7 Å². The van der Waals surface area contributed by atoms with Crippen LogP contribution in [0.3, 0.4) is 0 Å². The summed E-state index contributed by atoms with van der Waals surface area (Å²) in [5.74, 6) is 0.313. The monoisotopic (exact) mass is 327 g/mol. The van der Waals surface area contributed by atoms with Gasteiger partial charge in [-0.15, -0.1) is 0 Å². The van der Waals surface area contributed by atoms with Gasteiger partial charge in [0.25, 0.3) is 0 Å². The normalized spacial score (nSPS) is 24.3. The van der Waals surface area contributed by atoms with Gasteiger partial charge in [0.1, 0.15) is 0 Å². The highest BCUT2D eigenvalue weighted by molar-refractivity contribution is 5.98. The number of carboxylic acid groups (broad SMARTS) is 1. The average molecular weight is 327 g/mol. The molecule has 4 heteroatoms. The van der Waals surface area contributed by atoms with Crippen LogP contribution < -0.4 is 0 Å². The smallest absolute Gasteiger partial charge is 0.332 e. The van der Waals surface area contributed by atoms with Crippen LogP contribution in [0.4, 0.5) is 0 Å². The Labute approximate surface area is 143 Å². The Balaban J connectivity index is 1.66. The van der Waals surface area contributed by atoms with Crippen molar-refractivity contribution in [3.8, 4) is 0 Å². The van der Waals surface area contributed by atoms with E-state index in [0.717, 1.165) is 31.0 Å². The minimum atomic E-state index is -1.01. The van der Waals surface area contributed by atoms with Gasteiger partial charge in [-0.05, 0) is 36.3 Å². The molecule has 3 rings (SSSR count). The first-order valence-electron chi connectivity index (χ1n) is 8.90. The van der Waals surface area contributed by atoms with Crippen LogP contribution in [0.15, 0.2) is 35.9 Å². The number of piperidine rings is 1. The highest BCUT2D eigenvalue weighted by atomic mass is 16.4. The number of fused-ring (bicyclic) bond motifs is 1. The molecule has 1 N–H and O–H groups in total. The molecule has 24 heavy (non-hydrogen) atoms. The van der Waals surface area contributed by atoms with Gasteiger partial charge < -0.3 is 10.0 Å².